The smallest absolute Gasteiger partial charge is 0.0810 e. The number of nitrogens with one attached hydrogen (secondary N) is 1. The van der Waals surface area contributed by atoms with Crippen LogP contribution in [0.1, 0.15) is 25.7 Å². The van der Waals surface area contributed by atoms with Gasteiger partial charge in [0.25, 0.3) is 0 Å². The molecule has 0 aromatic heterocycles. The first-order valence-corrected chi connectivity index (χ1v) is 5.68. The highest BCUT2D eigenvalue weighted by atomic mass is 16.5. The van der Waals surface area contributed by atoms with Crippen molar-refractivity contribution < 1.29 is 9.47 Å². The minimum absolute atomic E-state index is 0.177. The summed E-state index contributed by atoms with van der Waals surface area (Å²) in [4.78, 5) is 0. The van der Waals surface area contributed by atoms with Gasteiger partial charge in [-0.2, -0.15) is 0 Å². The van der Waals surface area contributed by atoms with Gasteiger partial charge in [0, 0.05) is 20.3 Å². The molecule has 14 heavy (non-hydrogen) atoms. The van der Waals surface area contributed by atoms with Crippen molar-refractivity contribution in [3.63, 3.8) is 0 Å². The molecule has 82 valence electrons. The lowest BCUT2D eigenvalue weighted by Crippen LogP contribution is -2.45. The maximum atomic E-state index is 5.97. The zero-order valence-electron chi connectivity index (χ0n) is 9.05. The van der Waals surface area contributed by atoms with E-state index in [-0.39, 0.29) is 5.60 Å². The second-order valence-corrected chi connectivity index (χ2v) is 4.63. The van der Waals surface area contributed by atoms with Gasteiger partial charge in [0.05, 0.1) is 12.2 Å². The molecule has 0 aromatic rings. The molecule has 0 radical (unpaired) electrons. The molecule has 2 heterocycles. The number of methoxy groups -OCH3 is 1. The second-order valence-electron chi connectivity index (χ2n) is 4.63. The van der Waals surface area contributed by atoms with Crippen molar-refractivity contribution in [3.05, 3.63) is 0 Å². The zero-order valence-corrected chi connectivity index (χ0v) is 9.05. The quantitative estimate of drug-likeness (QED) is 0.740. The molecule has 0 amide bonds. The van der Waals surface area contributed by atoms with Crippen molar-refractivity contribution in [2.24, 2.45) is 5.92 Å². The van der Waals surface area contributed by atoms with Gasteiger partial charge < -0.3 is 14.8 Å². The SMILES string of the molecule is COCC[C@H]1CO[C@]2(CCCNC2)C1. The molecule has 2 aliphatic heterocycles. The van der Waals surface area contributed by atoms with Crippen LogP contribution in [0.5, 0.6) is 0 Å². The van der Waals surface area contributed by atoms with Crippen LogP contribution in [0.4, 0.5) is 0 Å². The van der Waals surface area contributed by atoms with Gasteiger partial charge in [0.15, 0.2) is 0 Å². The van der Waals surface area contributed by atoms with Crippen LogP contribution in [0.25, 0.3) is 0 Å². The maximum absolute atomic E-state index is 5.97. The van der Waals surface area contributed by atoms with E-state index in [1.54, 1.807) is 7.11 Å². The molecule has 0 bridgehead atoms. The summed E-state index contributed by atoms with van der Waals surface area (Å²) in [5.74, 6) is 0.717. The van der Waals surface area contributed by atoms with Crippen molar-refractivity contribution >= 4 is 0 Å². The standard InChI is InChI=1S/C11H21NO2/c1-13-6-3-10-7-11(14-8-10)4-2-5-12-9-11/h10,12H,2-9H2,1H3/t10-,11-/m1/s1. The highest BCUT2D eigenvalue weighted by Gasteiger charge is 2.40. The Hall–Kier alpha value is -0.120. The summed E-state index contributed by atoms with van der Waals surface area (Å²) in [5, 5.41) is 3.44. The van der Waals surface area contributed by atoms with E-state index in [2.05, 4.69) is 5.32 Å². The van der Waals surface area contributed by atoms with Gasteiger partial charge in [0.2, 0.25) is 0 Å². The van der Waals surface area contributed by atoms with Crippen molar-refractivity contribution in [1.82, 2.24) is 5.32 Å². The van der Waals surface area contributed by atoms with E-state index in [1.165, 1.54) is 19.3 Å². The van der Waals surface area contributed by atoms with Crippen molar-refractivity contribution in [2.45, 2.75) is 31.3 Å². The van der Waals surface area contributed by atoms with Crippen LogP contribution in [-0.4, -0.2) is 39.0 Å². The van der Waals surface area contributed by atoms with Crippen LogP contribution in [0.3, 0.4) is 0 Å². The first-order chi connectivity index (χ1) is 6.85. The van der Waals surface area contributed by atoms with E-state index < -0.39 is 0 Å². The molecule has 2 saturated heterocycles. The third-order valence-corrected chi connectivity index (χ3v) is 3.45. The first kappa shape index (κ1) is 10.4. The topological polar surface area (TPSA) is 30.5 Å². The molecular weight excluding hydrogens is 178 g/mol. The van der Waals surface area contributed by atoms with E-state index in [9.17, 15) is 0 Å². The average molecular weight is 199 g/mol. The Bertz CT molecular complexity index is 178. The number of hydrogen-bond donors (Lipinski definition) is 1. The minimum atomic E-state index is 0.177. The molecule has 2 aliphatic rings. The van der Waals surface area contributed by atoms with E-state index in [0.717, 1.165) is 38.6 Å². The van der Waals surface area contributed by atoms with E-state index in [0.29, 0.717) is 0 Å². The fourth-order valence-corrected chi connectivity index (χ4v) is 2.65. The van der Waals surface area contributed by atoms with E-state index in [4.69, 9.17) is 9.47 Å². The lowest BCUT2D eigenvalue weighted by atomic mass is 9.86. The molecular formula is C11H21NO2. The Kier molecular flexibility index (Phi) is 3.42. The molecule has 1 spiro atoms. The van der Waals surface area contributed by atoms with Crippen LogP contribution in [0, 0.1) is 5.92 Å². The number of piperidine rings is 1. The molecule has 0 aromatic carbocycles. The largest absolute Gasteiger partial charge is 0.385 e. The summed E-state index contributed by atoms with van der Waals surface area (Å²) in [6.07, 6.45) is 4.88. The molecule has 2 atom stereocenters. The van der Waals surface area contributed by atoms with Gasteiger partial charge in [-0.25, -0.2) is 0 Å². The molecule has 3 heteroatoms. The normalized spacial score (nSPS) is 37.9. The Balaban J connectivity index is 1.80. The van der Waals surface area contributed by atoms with E-state index in [1.807, 2.05) is 0 Å². The predicted molar refractivity (Wildman–Crippen MR) is 55.4 cm³/mol. The predicted octanol–water partition coefficient (Wildman–Crippen LogP) is 1.18. The summed E-state index contributed by atoms with van der Waals surface area (Å²) in [7, 11) is 1.77. The van der Waals surface area contributed by atoms with Crippen molar-refractivity contribution in [1.29, 1.82) is 0 Å². The molecule has 0 aliphatic carbocycles. The lowest BCUT2D eigenvalue weighted by Gasteiger charge is -2.33. The molecule has 2 rings (SSSR count). The van der Waals surface area contributed by atoms with Crippen molar-refractivity contribution in [3.8, 4) is 0 Å². The van der Waals surface area contributed by atoms with Gasteiger partial charge >= 0.3 is 0 Å². The average Bonchev–Trinajstić information content (AvgIpc) is 2.60. The monoisotopic (exact) mass is 199 g/mol. The third-order valence-electron chi connectivity index (χ3n) is 3.45. The number of ether oxygens (including phenoxy) is 2. The Morgan fingerprint density at radius 1 is 1.57 bits per heavy atom. The highest BCUT2D eigenvalue weighted by Crippen LogP contribution is 2.36. The second kappa shape index (κ2) is 4.60. The third kappa shape index (κ3) is 2.27. The van der Waals surface area contributed by atoms with Gasteiger partial charge in [0.1, 0.15) is 0 Å². The number of hydrogen-bond acceptors (Lipinski definition) is 3. The summed E-state index contributed by atoms with van der Waals surface area (Å²) in [5.41, 5.74) is 0.177. The molecule has 2 fully saturated rings. The molecule has 3 nitrogen and oxygen atoms in total. The summed E-state index contributed by atoms with van der Waals surface area (Å²) >= 11 is 0. The zero-order chi connectivity index (χ0) is 9.86. The Labute approximate surface area is 86.2 Å². The van der Waals surface area contributed by atoms with Gasteiger partial charge in [-0.15, -0.1) is 0 Å². The Morgan fingerprint density at radius 2 is 2.50 bits per heavy atom. The summed E-state index contributed by atoms with van der Waals surface area (Å²) in [6.45, 7) is 4.02. The highest BCUT2D eigenvalue weighted by molar-refractivity contribution is 4.93. The molecule has 0 saturated carbocycles. The summed E-state index contributed by atoms with van der Waals surface area (Å²) < 4.78 is 11.1. The van der Waals surface area contributed by atoms with Crippen LogP contribution in [0.2, 0.25) is 0 Å². The molecule has 1 N–H and O–H groups in total. The van der Waals surface area contributed by atoms with Crippen LogP contribution < -0.4 is 5.32 Å². The van der Waals surface area contributed by atoms with Gasteiger partial charge in [-0.1, -0.05) is 0 Å². The lowest BCUT2D eigenvalue weighted by molar-refractivity contribution is -0.0145. The maximum Gasteiger partial charge on any atom is 0.0810 e. The number of rotatable bonds is 3. The van der Waals surface area contributed by atoms with Crippen LogP contribution in [0.15, 0.2) is 0 Å². The van der Waals surface area contributed by atoms with Crippen LogP contribution in [-0.2, 0) is 9.47 Å². The minimum Gasteiger partial charge on any atom is -0.385 e. The fourth-order valence-electron chi connectivity index (χ4n) is 2.65. The van der Waals surface area contributed by atoms with Gasteiger partial charge in [-0.05, 0) is 38.1 Å². The Morgan fingerprint density at radius 3 is 3.21 bits per heavy atom. The summed E-state index contributed by atoms with van der Waals surface area (Å²) in [6, 6.07) is 0. The van der Waals surface area contributed by atoms with E-state index >= 15 is 0 Å². The van der Waals surface area contributed by atoms with Crippen LogP contribution >= 0.6 is 0 Å². The van der Waals surface area contributed by atoms with Gasteiger partial charge in [-0.3, -0.25) is 0 Å². The first-order valence-electron chi connectivity index (χ1n) is 5.68. The molecule has 0 unspecified atom stereocenters. The van der Waals surface area contributed by atoms with Crippen molar-refractivity contribution in [2.75, 3.05) is 33.4 Å². The fraction of sp³-hybridized carbons (Fsp3) is 1.00.